The monoisotopic (exact) mass is 275 g/mol. The molecule has 0 spiro atoms. The van der Waals surface area contributed by atoms with E-state index in [1.54, 1.807) is 36.9 Å². The molecular weight excluding hydrogens is 266 g/mol. The number of Topliss-reactive ketones (excluding diaryl/α,β-unsaturated/α-hetero) is 1. The zero-order valence-corrected chi connectivity index (χ0v) is 10.7. The van der Waals surface area contributed by atoms with Gasteiger partial charge < -0.3 is 9.47 Å². The highest BCUT2D eigenvalue weighted by Crippen LogP contribution is 2.31. The number of hydrogen-bond acceptors (Lipinski definition) is 3. The van der Waals surface area contributed by atoms with E-state index in [4.69, 9.17) is 11.6 Å². The predicted molar refractivity (Wildman–Crippen MR) is 70.4 cm³/mol. The molecule has 1 aliphatic heterocycles. The topological polar surface area (TPSA) is 55.2 Å². The third-order valence-corrected chi connectivity index (χ3v) is 3.31. The molecule has 0 atom stereocenters. The molecular formula is C13H10ClN3O2. The van der Waals surface area contributed by atoms with Gasteiger partial charge in [-0.25, -0.2) is 4.98 Å². The van der Waals surface area contributed by atoms with Crippen molar-refractivity contribution < 1.29 is 9.59 Å². The number of anilines is 1. The van der Waals surface area contributed by atoms with Crippen molar-refractivity contribution in [1.29, 1.82) is 0 Å². The van der Waals surface area contributed by atoms with Gasteiger partial charge in [-0.2, -0.15) is 0 Å². The van der Waals surface area contributed by atoms with Gasteiger partial charge in [-0.1, -0.05) is 11.6 Å². The maximum absolute atomic E-state index is 11.9. The zero-order chi connectivity index (χ0) is 13.4. The second-order valence-corrected chi connectivity index (χ2v) is 4.68. The van der Waals surface area contributed by atoms with Crippen LogP contribution >= 0.6 is 11.6 Å². The molecule has 6 heteroatoms. The van der Waals surface area contributed by atoms with Crippen molar-refractivity contribution in [2.24, 2.45) is 0 Å². The van der Waals surface area contributed by atoms with Crippen molar-refractivity contribution in [3.8, 4) is 0 Å². The molecule has 96 valence electrons. The molecule has 0 unspecified atom stereocenters. The van der Waals surface area contributed by atoms with E-state index in [1.165, 1.54) is 4.90 Å². The molecule has 2 heterocycles. The second kappa shape index (κ2) is 4.51. The molecule has 0 N–H and O–H groups in total. The number of amides is 1. The Bertz CT molecular complexity index is 652. The first-order valence-corrected chi connectivity index (χ1v) is 6.16. The Morgan fingerprint density at radius 1 is 1.21 bits per heavy atom. The fourth-order valence-electron chi connectivity index (χ4n) is 2.12. The molecule has 0 saturated carbocycles. The fourth-order valence-corrected chi connectivity index (χ4v) is 2.29. The van der Waals surface area contributed by atoms with E-state index in [-0.39, 0.29) is 0 Å². The van der Waals surface area contributed by atoms with Crippen LogP contribution in [0.3, 0.4) is 0 Å². The summed E-state index contributed by atoms with van der Waals surface area (Å²) in [6.07, 6.45) is 5.14. The number of aromatic nitrogens is 2. The Kier molecular flexibility index (Phi) is 2.83. The number of ketones is 1. The van der Waals surface area contributed by atoms with Crippen LogP contribution in [0, 0.1) is 0 Å². The summed E-state index contributed by atoms with van der Waals surface area (Å²) < 4.78 is 1.85. The van der Waals surface area contributed by atoms with E-state index in [2.05, 4.69) is 4.98 Å². The van der Waals surface area contributed by atoms with Crippen LogP contribution in [0.1, 0.15) is 10.4 Å². The van der Waals surface area contributed by atoms with Gasteiger partial charge in [-0.05, 0) is 18.2 Å². The van der Waals surface area contributed by atoms with E-state index in [0.29, 0.717) is 29.4 Å². The Morgan fingerprint density at radius 3 is 2.79 bits per heavy atom. The average Bonchev–Trinajstić information content (AvgIpc) is 2.98. The van der Waals surface area contributed by atoms with Crippen molar-refractivity contribution in [2.75, 3.05) is 11.4 Å². The van der Waals surface area contributed by atoms with Gasteiger partial charge in [-0.15, -0.1) is 0 Å². The van der Waals surface area contributed by atoms with Crippen LogP contribution in [-0.2, 0) is 11.3 Å². The van der Waals surface area contributed by atoms with Crippen LogP contribution in [-0.4, -0.2) is 27.8 Å². The van der Waals surface area contributed by atoms with E-state index >= 15 is 0 Å². The summed E-state index contributed by atoms with van der Waals surface area (Å²) in [5.74, 6) is -0.977. The summed E-state index contributed by atoms with van der Waals surface area (Å²) in [5, 5.41) is 0.508. The van der Waals surface area contributed by atoms with E-state index in [1.807, 2.05) is 4.57 Å². The van der Waals surface area contributed by atoms with E-state index < -0.39 is 11.7 Å². The first-order chi connectivity index (χ1) is 9.16. The predicted octanol–water partition coefficient (Wildman–Crippen LogP) is 1.77. The number of carbonyl (C=O) groups is 2. The molecule has 1 amide bonds. The maximum atomic E-state index is 11.9. The lowest BCUT2D eigenvalue weighted by Gasteiger charge is -2.16. The van der Waals surface area contributed by atoms with E-state index in [0.717, 1.165) is 0 Å². The normalized spacial score (nSPS) is 14.1. The second-order valence-electron chi connectivity index (χ2n) is 4.25. The van der Waals surface area contributed by atoms with Crippen LogP contribution in [0.4, 0.5) is 5.69 Å². The SMILES string of the molecule is O=C1C(=O)N(CCn2ccnc2)c2cc(Cl)ccc21. The number of halogens is 1. The Labute approximate surface area is 114 Å². The molecule has 0 radical (unpaired) electrons. The first-order valence-electron chi connectivity index (χ1n) is 5.78. The molecule has 5 nitrogen and oxygen atoms in total. The lowest BCUT2D eigenvalue weighted by molar-refractivity contribution is -0.114. The maximum Gasteiger partial charge on any atom is 0.299 e. The number of imidazole rings is 1. The number of benzene rings is 1. The lowest BCUT2D eigenvalue weighted by atomic mass is 10.1. The van der Waals surface area contributed by atoms with Crippen LogP contribution in [0.15, 0.2) is 36.9 Å². The lowest BCUT2D eigenvalue weighted by Crippen LogP contribution is -2.32. The van der Waals surface area contributed by atoms with Crippen molar-refractivity contribution in [2.45, 2.75) is 6.54 Å². The molecule has 0 saturated heterocycles. The third-order valence-electron chi connectivity index (χ3n) is 3.08. The number of hydrogen-bond donors (Lipinski definition) is 0. The molecule has 3 rings (SSSR count). The summed E-state index contributed by atoms with van der Waals surface area (Å²) in [6.45, 7) is 0.985. The van der Waals surface area contributed by atoms with Gasteiger partial charge in [0.2, 0.25) is 0 Å². The van der Waals surface area contributed by atoms with E-state index in [9.17, 15) is 9.59 Å². The average molecular weight is 276 g/mol. The van der Waals surface area contributed by atoms with Crippen LogP contribution in [0.5, 0.6) is 0 Å². The summed E-state index contributed by atoms with van der Waals surface area (Å²) >= 11 is 5.92. The van der Waals surface area contributed by atoms with Gasteiger partial charge in [0.05, 0.1) is 17.6 Å². The van der Waals surface area contributed by atoms with Gasteiger partial charge >= 0.3 is 0 Å². The summed E-state index contributed by atoms with van der Waals surface area (Å²) in [4.78, 5) is 29.2. The summed E-state index contributed by atoms with van der Waals surface area (Å²) in [6, 6.07) is 4.85. The fraction of sp³-hybridized carbons (Fsp3) is 0.154. The standard InChI is InChI=1S/C13H10ClN3O2/c14-9-1-2-10-11(7-9)17(13(19)12(10)18)6-5-16-4-3-15-8-16/h1-4,7-8H,5-6H2. The molecule has 0 bridgehead atoms. The number of carbonyl (C=O) groups excluding carboxylic acids is 2. The highest BCUT2D eigenvalue weighted by atomic mass is 35.5. The van der Waals surface area contributed by atoms with Gasteiger partial charge in [0.15, 0.2) is 0 Å². The smallest absolute Gasteiger partial charge is 0.299 e. The molecule has 0 fully saturated rings. The van der Waals surface area contributed by atoms with Crippen molar-refractivity contribution >= 4 is 29.0 Å². The first kappa shape index (κ1) is 11.9. The summed E-state index contributed by atoms with van der Waals surface area (Å²) in [5.41, 5.74) is 1.00. The summed E-state index contributed by atoms with van der Waals surface area (Å²) in [7, 11) is 0. The van der Waals surface area contributed by atoms with Crippen LogP contribution in [0.2, 0.25) is 5.02 Å². The zero-order valence-electron chi connectivity index (χ0n) is 9.91. The minimum atomic E-state index is -0.502. The Hall–Kier alpha value is -2.14. The highest BCUT2D eigenvalue weighted by Gasteiger charge is 2.35. The number of rotatable bonds is 3. The van der Waals surface area contributed by atoms with Gasteiger partial charge in [0.1, 0.15) is 0 Å². The van der Waals surface area contributed by atoms with Gasteiger partial charge in [0, 0.05) is 30.5 Å². The molecule has 1 aromatic carbocycles. The highest BCUT2D eigenvalue weighted by molar-refractivity contribution is 6.52. The van der Waals surface area contributed by atoms with Gasteiger partial charge in [0.25, 0.3) is 11.7 Å². The Morgan fingerprint density at radius 2 is 2.05 bits per heavy atom. The molecule has 19 heavy (non-hydrogen) atoms. The van der Waals surface area contributed by atoms with Gasteiger partial charge in [-0.3, -0.25) is 9.59 Å². The molecule has 1 aromatic heterocycles. The van der Waals surface area contributed by atoms with Crippen LogP contribution < -0.4 is 4.90 Å². The molecule has 1 aliphatic rings. The molecule has 0 aliphatic carbocycles. The quantitative estimate of drug-likeness (QED) is 0.802. The third kappa shape index (κ3) is 2.02. The Balaban J connectivity index is 1.88. The van der Waals surface area contributed by atoms with Crippen molar-refractivity contribution in [3.05, 3.63) is 47.5 Å². The van der Waals surface area contributed by atoms with Crippen LogP contribution in [0.25, 0.3) is 0 Å². The number of nitrogens with zero attached hydrogens (tertiary/aromatic N) is 3. The molecule has 2 aromatic rings. The van der Waals surface area contributed by atoms with Crippen molar-refractivity contribution in [3.63, 3.8) is 0 Å². The minimum absolute atomic E-state index is 0.411. The van der Waals surface area contributed by atoms with Crippen molar-refractivity contribution in [1.82, 2.24) is 9.55 Å². The largest absolute Gasteiger partial charge is 0.336 e. The number of fused-ring (bicyclic) bond motifs is 1. The minimum Gasteiger partial charge on any atom is -0.336 e.